The van der Waals surface area contributed by atoms with Crippen LogP contribution in [0.2, 0.25) is 0 Å². The molecule has 0 radical (unpaired) electrons. The van der Waals surface area contributed by atoms with Gasteiger partial charge in [0.25, 0.3) is 23.2 Å². The van der Waals surface area contributed by atoms with Crippen LogP contribution in [0.15, 0.2) is 48.5 Å². The molecular weight excluding hydrogens is 496 g/mol. The highest BCUT2D eigenvalue weighted by molar-refractivity contribution is 5.91. The molecule has 6 atom stereocenters. The maximum absolute atomic E-state index is 13.6. The van der Waals surface area contributed by atoms with Gasteiger partial charge in [0.1, 0.15) is 12.2 Å². The number of ether oxygens (including phenoxy) is 2. The number of rotatable bonds is 6. The van der Waals surface area contributed by atoms with Gasteiger partial charge in [0, 0.05) is 37.3 Å². The maximum Gasteiger partial charge on any atom is 0.275 e. The van der Waals surface area contributed by atoms with Crippen LogP contribution in [-0.2, 0) is 19.1 Å². The predicted molar refractivity (Wildman–Crippen MR) is 133 cm³/mol. The molecule has 3 heterocycles. The minimum Gasteiger partial charge on any atom is -0.351 e. The maximum atomic E-state index is 13.6. The first-order valence-corrected chi connectivity index (χ1v) is 12.3. The minimum atomic E-state index is -1.24. The van der Waals surface area contributed by atoms with Crippen LogP contribution in [0.3, 0.4) is 0 Å². The van der Waals surface area contributed by atoms with Gasteiger partial charge >= 0.3 is 0 Å². The molecule has 0 N–H and O–H groups in total. The Hall–Kier alpha value is -3.90. The van der Waals surface area contributed by atoms with E-state index >= 15 is 0 Å². The summed E-state index contributed by atoms with van der Waals surface area (Å²) in [7, 11) is 0. The SMILES string of the molecule is C[C@@H]1CN(C(=O)[C@@]2(C)O[C@@H]2c2ccccc2[N+](=O)[O-])[C@H](C)CN1C(=O)[C@@]1(C)O[C@@H]1c1ccccc1[N+](=O)[O-]. The van der Waals surface area contributed by atoms with Crippen molar-refractivity contribution in [3.8, 4) is 0 Å². The van der Waals surface area contributed by atoms with E-state index in [1.54, 1.807) is 60.0 Å². The average molecular weight is 525 g/mol. The summed E-state index contributed by atoms with van der Waals surface area (Å²) < 4.78 is 11.5. The van der Waals surface area contributed by atoms with E-state index in [4.69, 9.17) is 9.47 Å². The van der Waals surface area contributed by atoms with Gasteiger partial charge in [-0.3, -0.25) is 29.8 Å². The number of amides is 2. The summed E-state index contributed by atoms with van der Waals surface area (Å²) >= 11 is 0. The molecule has 38 heavy (non-hydrogen) atoms. The molecule has 3 aliphatic heterocycles. The van der Waals surface area contributed by atoms with Gasteiger partial charge in [-0.1, -0.05) is 24.3 Å². The number of hydrogen-bond acceptors (Lipinski definition) is 8. The molecule has 0 unspecified atom stereocenters. The molecule has 0 aliphatic carbocycles. The van der Waals surface area contributed by atoms with Crippen molar-refractivity contribution in [1.82, 2.24) is 9.80 Å². The van der Waals surface area contributed by atoms with E-state index in [0.717, 1.165) is 0 Å². The van der Waals surface area contributed by atoms with E-state index in [-0.39, 0.29) is 48.4 Å². The lowest BCUT2D eigenvalue weighted by molar-refractivity contribution is -0.385. The lowest BCUT2D eigenvalue weighted by Gasteiger charge is -2.45. The number of nitro groups is 2. The summed E-state index contributed by atoms with van der Waals surface area (Å²) in [5.74, 6) is -0.586. The van der Waals surface area contributed by atoms with Crippen LogP contribution in [0, 0.1) is 20.2 Å². The highest BCUT2D eigenvalue weighted by Gasteiger charge is 2.65. The smallest absolute Gasteiger partial charge is 0.275 e. The third-order valence-electron chi connectivity index (χ3n) is 7.80. The molecule has 5 rings (SSSR count). The fraction of sp³-hybridized carbons (Fsp3) is 0.462. The quantitative estimate of drug-likeness (QED) is 0.317. The zero-order valence-electron chi connectivity index (χ0n) is 21.4. The number of nitro benzene ring substituents is 2. The lowest BCUT2D eigenvalue weighted by Crippen LogP contribution is -2.62. The Morgan fingerprint density at radius 2 is 1.11 bits per heavy atom. The van der Waals surface area contributed by atoms with E-state index in [2.05, 4.69) is 0 Å². The fourth-order valence-electron chi connectivity index (χ4n) is 5.48. The Morgan fingerprint density at radius 1 is 0.763 bits per heavy atom. The van der Waals surface area contributed by atoms with Crippen molar-refractivity contribution < 1.29 is 28.9 Å². The molecule has 2 amide bonds. The molecule has 3 aliphatic rings. The largest absolute Gasteiger partial charge is 0.351 e. The van der Waals surface area contributed by atoms with Gasteiger partial charge in [0.05, 0.1) is 21.0 Å². The third kappa shape index (κ3) is 4.00. The topological polar surface area (TPSA) is 152 Å². The molecule has 2 aromatic rings. The zero-order valence-corrected chi connectivity index (χ0v) is 21.4. The number of benzene rings is 2. The number of carbonyl (C=O) groups excluding carboxylic acids is 2. The number of hydrogen-bond donors (Lipinski definition) is 0. The van der Waals surface area contributed by atoms with E-state index < -0.39 is 33.3 Å². The molecule has 3 fully saturated rings. The number of carbonyl (C=O) groups is 2. The number of piperazine rings is 1. The second-order valence-corrected chi connectivity index (χ2v) is 10.5. The third-order valence-corrected chi connectivity index (χ3v) is 7.80. The van der Waals surface area contributed by atoms with Crippen LogP contribution in [-0.4, -0.2) is 67.8 Å². The molecule has 0 saturated carbocycles. The summed E-state index contributed by atoms with van der Waals surface area (Å²) in [6.07, 6.45) is -1.47. The van der Waals surface area contributed by atoms with E-state index in [1.165, 1.54) is 12.1 Å². The predicted octanol–water partition coefficient (Wildman–Crippen LogP) is 3.31. The standard InChI is InChI=1S/C26H28N4O8/c1-15-13-28(24(32)26(4)22(38-26)18-10-6-8-12-20(18)30(35)36)16(2)14-27(15)23(31)25(3)21(37-25)17-9-5-7-11-19(17)29(33)34/h5-12,15-16,21-22H,13-14H2,1-4H3/t15-,16-,21-,22-,25+,26+/m1/s1. The molecule has 3 saturated heterocycles. The second kappa shape index (κ2) is 8.84. The summed E-state index contributed by atoms with van der Waals surface area (Å²) in [5, 5.41) is 22.9. The Labute approximate surface area is 218 Å². The molecule has 0 aromatic heterocycles. The summed E-state index contributed by atoms with van der Waals surface area (Å²) in [6, 6.07) is 11.7. The molecule has 12 heteroatoms. The summed E-state index contributed by atoms with van der Waals surface area (Å²) in [6.45, 7) is 7.38. The first-order valence-electron chi connectivity index (χ1n) is 12.3. The Kier molecular flexibility index (Phi) is 5.99. The molecular formula is C26H28N4O8. The first-order chi connectivity index (χ1) is 17.9. The molecule has 0 bridgehead atoms. The van der Waals surface area contributed by atoms with Crippen LogP contribution >= 0.6 is 0 Å². The highest BCUT2D eigenvalue weighted by Crippen LogP contribution is 2.54. The van der Waals surface area contributed by atoms with Gasteiger partial charge in [-0.2, -0.15) is 0 Å². The van der Waals surface area contributed by atoms with Gasteiger partial charge < -0.3 is 19.3 Å². The zero-order chi connectivity index (χ0) is 27.6. The fourth-order valence-corrected chi connectivity index (χ4v) is 5.48. The van der Waals surface area contributed by atoms with Gasteiger partial charge in [-0.15, -0.1) is 0 Å². The van der Waals surface area contributed by atoms with E-state index in [0.29, 0.717) is 11.1 Å². The van der Waals surface area contributed by atoms with Crippen LogP contribution in [0.4, 0.5) is 11.4 Å². The van der Waals surface area contributed by atoms with Gasteiger partial charge in [-0.05, 0) is 39.8 Å². The monoisotopic (exact) mass is 524 g/mol. The molecule has 0 spiro atoms. The highest BCUT2D eigenvalue weighted by atomic mass is 16.6. The van der Waals surface area contributed by atoms with Crippen LogP contribution < -0.4 is 0 Å². The number of epoxide rings is 2. The number of para-hydroxylation sites is 2. The minimum absolute atomic E-state index is 0.100. The van der Waals surface area contributed by atoms with Crippen molar-refractivity contribution in [2.45, 2.75) is 63.2 Å². The first kappa shape index (κ1) is 25.7. The summed E-state index contributed by atoms with van der Waals surface area (Å²) in [5.41, 5.74) is -1.98. The lowest BCUT2D eigenvalue weighted by atomic mass is 9.95. The van der Waals surface area contributed by atoms with Crippen LogP contribution in [0.1, 0.15) is 51.0 Å². The van der Waals surface area contributed by atoms with E-state index in [1.807, 2.05) is 13.8 Å². The van der Waals surface area contributed by atoms with Crippen molar-refractivity contribution in [3.05, 3.63) is 79.9 Å². The van der Waals surface area contributed by atoms with Crippen LogP contribution in [0.25, 0.3) is 0 Å². The van der Waals surface area contributed by atoms with Gasteiger partial charge in [0.2, 0.25) is 0 Å². The summed E-state index contributed by atoms with van der Waals surface area (Å²) in [4.78, 5) is 52.4. The molecule has 200 valence electrons. The van der Waals surface area contributed by atoms with Gasteiger partial charge in [0.15, 0.2) is 11.2 Å². The second-order valence-electron chi connectivity index (χ2n) is 10.5. The van der Waals surface area contributed by atoms with Crippen molar-refractivity contribution >= 4 is 23.2 Å². The molecule has 2 aromatic carbocycles. The van der Waals surface area contributed by atoms with Gasteiger partial charge in [-0.25, -0.2) is 0 Å². The Bertz CT molecular complexity index is 1250. The van der Waals surface area contributed by atoms with E-state index in [9.17, 15) is 29.8 Å². The Morgan fingerprint density at radius 3 is 1.45 bits per heavy atom. The molecule has 12 nitrogen and oxygen atoms in total. The number of nitrogens with zero attached hydrogens (tertiary/aromatic N) is 4. The van der Waals surface area contributed by atoms with Crippen molar-refractivity contribution in [2.24, 2.45) is 0 Å². The average Bonchev–Trinajstić information content (AvgIpc) is 3.79. The van der Waals surface area contributed by atoms with Crippen molar-refractivity contribution in [2.75, 3.05) is 13.1 Å². The Balaban J connectivity index is 1.29. The normalized spacial score (nSPS) is 32.0. The van der Waals surface area contributed by atoms with Crippen molar-refractivity contribution in [3.63, 3.8) is 0 Å². The van der Waals surface area contributed by atoms with Crippen LogP contribution in [0.5, 0.6) is 0 Å². The van der Waals surface area contributed by atoms with Crippen molar-refractivity contribution in [1.29, 1.82) is 0 Å².